The third-order valence-electron chi connectivity index (χ3n) is 8.49. The molecular formula is C34H32N4O. The topological polar surface area (TPSA) is 53.3 Å². The third-order valence-corrected chi connectivity index (χ3v) is 8.49. The van der Waals surface area contributed by atoms with Gasteiger partial charge in [0.05, 0.1) is 23.8 Å². The molecule has 3 aromatic carbocycles. The molecule has 3 heterocycles. The first-order chi connectivity index (χ1) is 19.1. The number of aliphatic hydroxyl groups is 1. The molecule has 0 radical (unpaired) electrons. The molecule has 1 aromatic heterocycles. The van der Waals surface area contributed by atoms with Crippen LogP contribution in [-0.4, -0.2) is 25.7 Å². The van der Waals surface area contributed by atoms with E-state index < -0.39 is 11.1 Å². The lowest BCUT2D eigenvalue weighted by Crippen LogP contribution is -2.41. The number of imidazole rings is 1. The van der Waals surface area contributed by atoms with Crippen LogP contribution in [0.25, 0.3) is 0 Å². The minimum Gasteiger partial charge on any atom is -0.383 e. The molecule has 0 amide bonds. The Hall–Kier alpha value is -4.19. The van der Waals surface area contributed by atoms with Crippen molar-refractivity contribution in [2.45, 2.75) is 43.4 Å². The van der Waals surface area contributed by atoms with E-state index in [4.69, 9.17) is 4.98 Å². The second-order valence-electron chi connectivity index (χ2n) is 10.9. The Balaban J connectivity index is 1.36. The molecule has 2 N–H and O–H groups in total. The second kappa shape index (κ2) is 9.23. The van der Waals surface area contributed by atoms with Gasteiger partial charge in [-0.05, 0) is 53.7 Å². The molecule has 4 aromatic rings. The van der Waals surface area contributed by atoms with Gasteiger partial charge in [0.15, 0.2) is 0 Å². The molecule has 2 atom stereocenters. The second-order valence-corrected chi connectivity index (χ2v) is 10.9. The zero-order chi connectivity index (χ0) is 26.5. The van der Waals surface area contributed by atoms with Crippen LogP contribution >= 0.6 is 0 Å². The van der Waals surface area contributed by atoms with Gasteiger partial charge in [0, 0.05) is 18.8 Å². The van der Waals surface area contributed by atoms with Crippen LogP contribution in [0.3, 0.4) is 0 Å². The van der Waals surface area contributed by atoms with Crippen molar-refractivity contribution in [2.24, 2.45) is 0 Å². The molecule has 0 saturated heterocycles. The Kier molecular flexibility index (Phi) is 5.65. The van der Waals surface area contributed by atoms with Crippen LogP contribution in [0, 0.1) is 0 Å². The summed E-state index contributed by atoms with van der Waals surface area (Å²) in [6, 6.07) is 32.0. The summed E-state index contributed by atoms with van der Waals surface area (Å²) in [5.41, 5.74) is 9.64. The fourth-order valence-corrected chi connectivity index (χ4v) is 6.59. The number of rotatable bonds is 5. The number of nitrogens with zero attached hydrogens (tertiary/aromatic N) is 3. The van der Waals surface area contributed by atoms with E-state index in [-0.39, 0.29) is 6.04 Å². The monoisotopic (exact) mass is 512 g/mol. The zero-order valence-electron chi connectivity index (χ0n) is 22.0. The van der Waals surface area contributed by atoms with Crippen molar-refractivity contribution in [1.29, 1.82) is 0 Å². The highest BCUT2D eigenvalue weighted by atomic mass is 16.3. The normalized spacial score (nSPS) is 22.5. The summed E-state index contributed by atoms with van der Waals surface area (Å²) in [5, 5.41) is 14.2. The maximum Gasteiger partial charge on any atom is 0.121 e. The van der Waals surface area contributed by atoms with E-state index in [1.54, 1.807) is 0 Å². The summed E-state index contributed by atoms with van der Waals surface area (Å²) in [6.45, 7) is 2.10. The zero-order valence-corrected chi connectivity index (χ0v) is 22.0. The van der Waals surface area contributed by atoms with Crippen molar-refractivity contribution < 1.29 is 5.11 Å². The predicted molar refractivity (Wildman–Crippen MR) is 153 cm³/mol. The van der Waals surface area contributed by atoms with Crippen LogP contribution in [0.1, 0.15) is 48.6 Å². The first kappa shape index (κ1) is 23.9. The van der Waals surface area contributed by atoms with Crippen LogP contribution in [0.2, 0.25) is 0 Å². The smallest absolute Gasteiger partial charge is 0.121 e. The van der Waals surface area contributed by atoms with E-state index in [2.05, 4.69) is 137 Å². The van der Waals surface area contributed by atoms with Crippen molar-refractivity contribution >= 4 is 0 Å². The minimum atomic E-state index is -1.04. The SMILES string of the molecule is CC1=CN2NC3CCC(O)(c4cn(C(c5ccccc5)(c5ccccc5)c5ccccc5)cn4)CC3=C2C=C1. The van der Waals surface area contributed by atoms with E-state index in [1.807, 2.05) is 6.33 Å². The highest BCUT2D eigenvalue weighted by molar-refractivity contribution is 5.51. The number of hydrogen-bond donors (Lipinski definition) is 2. The van der Waals surface area contributed by atoms with Gasteiger partial charge in [0.1, 0.15) is 11.1 Å². The summed E-state index contributed by atoms with van der Waals surface area (Å²) in [7, 11) is 0. The quantitative estimate of drug-likeness (QED) is 0.322. The van der Waals surface area contributed by atoms with E-state index in [0.29, 0.717) is 18.5 Å². The Bertz CT molecular complexity index is 1490. The van der Waals surface area contributed by atoms with Gasteiger partial charge in [0.2, 0.25) is 0 Å². The lowest BCUT2D eigenvalue weighted by molar-refractivity contribution is 0.00668. The van der Waals surface area contributed by atoms with Gasteiger partial charge in [-0.1, -0.05) is 97.1 Å². The number of nitrogens with one attached hydrogen (secondary N) is 1. The lowest BCUT2D eigenvalue weighted by atomic mass is 9.76. The molecule has 5 heteroatoms. The standard InChI is InChI=1S/C34H32N4O/c1-25-17-18-31-29-21-33(39,20-19-30(29)36-38(31)22-25)32-23-37(24-35-32)34(26-11-5-2-6-12-26,27-13-7-3-8-14-27)28-15-9-4-10-16-28/h2-18,22-24,30,36,39H,19-21H2,1H3. The molecular weight excluding hydrogens is 480 g/mol. The molecule has 5 nitrogen and oxygen atoms in total. The molecule has 1 fully saturated rings. The Morgan fingerprint density at radius 1 is 0.872 bits per heavy atom. The van der Waals surface area contributed by atoms with Crippen molar-refractivity contribution in [1.82, 2.24) is 20.0 Å². The molecule has 1 aliphatic carbocycles. The van der Waals surface area contributed by atoms with Crippen molar-refractivity contribution in [3.05, 3.63) is 161 Å². The summed E-state index contributed by atoms with van der Waals surface area (Å²) in [4.78, 5) is 4.91. The van der Waals surface area contributed by atoms with Crippen molar-refractivity contribution in [2.75, 3.05) is 0 Å². The number of aromatic nitrogens is 2. The average Bonchev–Trinajstić information content (AvgIpc) is 3.61. The van der Waals surface area contributed by atoms with Gasteiger partial charge in [-0.25, -0.2) is 10.4 Å². The van der Waals surface area contributed by atoms with Gasteiger partial charge in [-0.2, -0.15) is 0 Å². The summed E-state index contributed by atoms with van der Waals surface area (Å²) >= 11 is 0. The molecule has 0 spiro atoms. The molecule has 2 aliphatic heterocycles. The highest BCUT2D eigenvalue weighted by Crippen LogP contribution is 2.46. The fraction of sp³-hybridized carbons (Fsp3) is 0.206. The van der Waals surface area contributed by atoms with Gasteiger partial charge >= 0.3 is 0 Å². The Morgan fingerprint density at radius 3 is 2.05 bits per heavy atom. The van der Waals surface area contributed by atoms with Gasteiger partial charge in [-0.3, -0.25) is 5.01 Å². The van der Waals surface area contributed by atoms with Crippen LogP contribution in [-0.2, 0) is 11.1 Å². The van der Waals surface area contributed by atoms with Gasteiger partial charge in [0.25, 0.3) is 0 Å². The maximum atomic E-state index is 12.1. The molecule has 0 bridgehead atoms. The molecule has 1 saturated carbocycles. The lowest BCUT2D eigenvalue weighted by Gasteiger charge is -2.38. The molecule has 2 unspecified atom stereocenters. The number of allylic oxidation sites excluding steroid dienone is 3. The maximum absolute atomic E-state index is 12.1. The molecule has 3 aliphatic rings. The van der Waals surface area contributed by atoms with Crippen molar-refractivity contribution in [3.63, 3.8) is 0 Å². The van der Waals surface area contributed by atoms with E-state index in [1.165, 1.54) is 11.1 Å². The van der Waals surface area contributed by atoms with Crippen LogP contribution in [0.4, 0.5) is 0 Å². The van der Waals surface area contributed by atoms with Crippen LogP contribution < -0.4 is 5.43 Å². The fourth-order valence-electron chi connectivity index (χ4n) is 6.59. The Morgan fingerprint density at radius 2 is 1.46 bits per heavy atom. The Labute approximate surface area is 229 Å². The van der Waals surface area contributed by atoms with Gasteiger partial charge in [-0.15, -0.1) is 0 Å². The van der Waals surface area contributed by atoms with Crippen LogP contribution in [0.5, 0.6) is 0 Å². The highest BCUT2D eigenvalue weighted by Gasteiger charge is 2.45. The van der Waals surface area contributed by atoms with E-state index in [9.17, 15) is 5.11 Å². The number of benzene rings is 3. The van der Waals surface area contributed by atoms with E-state index in [0.717, 1.165) is 28.8 Å². The number of hydrogen-bond acceptors (Lipinski definition) is 4. The number of fused-ring (bicyclic) bond motifs is 2. The molecule has 194 valence electrons. The third kappa shape index (κ3) is 3.81. The average molecular weight is 513 g/mol. The first-order valence-corrected chi connectivity index (χ1v) is 13.7. The van der Waals surface area contributed by atoms with Crippen LogP contribution in [0.15, 0.2) is 139 Å². The first-order valence-electron chi connectivity index (χ1n) is 13.7. The summed E-state index contributed by atoms with van der Waals surface area (Å²) in [5.74, 6) is 0. The predicted octanol–water partition coefficient (Wildman–Crippen LogP) is 6.01. The van der Waals surface area contributed by atoms with Crippen molar-refractivity contribution in [3.8, 4) is 0 Å². The van der Waals surface area contributed by atoms with E-state index >= 15 is 0 Å². The summed E-state index contributed by atoms with van der Waals surface area (Å²) < 4.78 is 2.19. The molecule has 7 rings (SSSR count). The summed E-state index contributed by atoms with van der Waals surface area (Å²) in [6.07, 6.45) is 12.4. The van der Waals surface area contributed by atoms with Gasteiger partial charge < -0.3 is 9.67 Å². The largest absolute Gasteiger partial charge is 0.383 e. The number of hydrazine groups is 1. The minimum absolute atomic E-state index is 0.242. The molecule has 39 heavy (non-hydrogen) atoms.